The van der Waals surface area contributed by atoms with Gasteiger partial charge in [0.05, 0.1) is 18.3 Å². The molecule has 1 saturated carbocycles. The highest BCUT2D eigenvalue weighted by Gasteiger charge is 2.27. The number of carbonyl (C=O) groups excluding carboxylic acids is 1. The summed E-state index contributed by atoms with van der Waals surface area (Å²) in [6.45, 7) is 8.44. The molecule has 3 N–H and O–H groups in total. The zero-order valence-electron chi connectivity index (χ0n) is 25.2. The van der Waals surface area contributed by atoms with E-state index in [9.17, 15) is 4.79 Å². The van der Waals surface area contributed by atoms with Crippen molar-refractivity contribution in [2.24, 2.45) is 10.9 Å². The van der Waals surface area contributed by atoms with E-state index < -0.39 is 5.91 Å². The van der Waals surface area contributed by atoms with Crippen molar-refractivity contribution in [3.8, 4) is 0 Å². The number of likely N-dealkylation sites (N-methyl/N-ethyl adjacent to an activating group) is 1. The van der Waals surface area contributed by atoms with Crippen LogP contribution < -0.4 is 5.73 Å². The van der Waals surface area contributed by atoms with Crippen molar-refractivity contribution < 1.29 is 9.53 Å². The average Bonchev–Trinajstić information content (AvgIpc) is 3.46. The predicted octanol–water partition coefficient (Wildman–Crippen LogP) is 5.44. The van der Waals surface area contributed by atoms with Gasteiger partial charge < -0.3 is 25.7 Å². The van der Waals surface area contributed by atoms with Gasteiger partial charge in [-0.3, -0.25) is 4.79 Å². The normalized spacial score (nSPS) is 20.6. The zero-order valence-corrected chi connectivity index (χ0v) is 25.2. The Balaban J connectivity index is 1.27. The third-order valence-electron chi connectivity index (χ3n) is 8.19. The minimum absolute atomic E-state index is 0.0319. The maximum atomic E-state index is 13.0. The highest BCUT2D eigenvalue weighted by molar-refractivity contribution is 6.10. The summed E-state index contributed by atoms with van der Waals surface area (Å²) in [6.07, 6.45) is 16.4. The summed E-state index contributed by atoms with van der Waals surface area (Å²) in [5.41, 5.74) is 10.1. The number of benzene rings is 1. The van der Waals surface area contributed by atoms with E-state index in [1.807, 2.05) is 25.2 Å². The number of aliphatic imine (C=N–C) groups is 1. The minimum atomic E-state index is -0.427. The lowest BCUT2D eigenvalue weighted by atomic mass is 10.1. The molecule has 2 heterocycles. The molecule has 2 atom stereocenters. The molecule has 224 valence electrons. The molecule has 2 aromatic rings. The monoisotopic (exact) mass is 570 g/mol. The third kappa shape index (κ3) is 9.28. The molecule has 1 aromatic carbocycles. The zero-order chi connectivity index (χ0) is 29.7. The Morgan fingerprint density at radius 1 is 1.17 bits per heavy atom. The number of pyridine rings is 1. The summed E-state index contributed by atoms with van der Waals surface area (Å²) in [6, 6.07) is 10.5. The molecule has 8 nitrogen and oxygen atoms in total. The lowest BCUT2D eigenvalue weighted by Crippen LogP contribution is -2.44. The number of aromatic nitrogens is 1. The fraction of sp³-hybridized carbons (Fsp3) is 0.471. The number of amides is 1. The molecule has 2 aliphatic rings. The standard InChI is InChI=1S/C34H46N6O2/c1-3-4-5-9-28(22-35)30-21-31(33(36)37-24-30)34(41)38-23-29-10-6-11-32(29)42-25-27-14-12-26(13-15-27)8-7-16-40-19-17-39(2)18-20-40/h4-5,9,12-15,21-24,29,32,35H,3,6-8,10-11,16-20,25H2,1-2H3,(H2,36,37)/b5-4+,28-9+,35-22?,38-23?. The Bertz CT molecular complexity index is 1260. The first kappa shape index (κ1) is 31.5. The summed E-state index contributed by atoms with van der Waals surface area (Å²) >= 11 is 0. The number of nitrogen functional groups attached to an aromatic ring is 1. The molecule has 1 aliphatic carbocycles. The van der Waals surface area contributed by atoms with Crippen LogP contribution in [0.3, 0.4) is 0 Å². The Hall–Kier alpha value is -3.46. The van der Waals surface area contributed by atoms with Gasteiger partial charge in [0.1, 0.15) is 5.82 Å². The van der Waals surface area contributed by atoms with Crippen molar-refractivity contribution in [1.82, 2.24) is 14.8 Å². The maximum Gasteiger partial charge on any atom is 0.280 e. The summed E-state index contributed by atoms with van der Waals surface area (Å²) in [7, 11) is 2.20. The molecule has 4 rings (SSSR count). The van der Waals surface area contributed by atoms with Crippen LogP contribution in [0.5, 0.6) is 0 Å². The fourth-order valence-electron chi connectivity index (χ4n) is 5.49. The topological polar surface area (TPSA) is 108 Å². The highest BCUT2D eigenvalue weighted by atomic mass is 16.5. The van der Waals surface area contributed by atoms with E-state index in [2.05, 4.69) is 51.1 Å². The van der Waals surface area contributed by atoms with Gasteiger partial charge in [0, 0.05) is 61.9 Å². The molecule has 1 aliphatic heterocycles. The van der Waals surface area contributed by atoms with Gasteiger partial charge in [-0.2, -0.15) is 0 Å². The van der Waals surface area contributed by atoms with E-state index in [1.54, 1.807) is 18.5 Å². The van der Waals surface area contributed by atoms with Gasteiger partial charge in [-0.15, -0.1) is 0 Å². The average molecular weight is 571 g/mol. The number of anilines is 1. The number of ether oxygens (including phenoxy) is 1. The van der Waals surface area contributed by atoms with Crippen molar-refractivity contribution >= 4 is 29.7 Å². The second-order valence-corrected chi connectivity index (χ2v) is 11.4. The summed E-state index contributed by atoms with van der Waals surface area (Å²) in [4.78, 5) is 26.4. The van der Waals surface area contributed by atoms with Crippen LogP contribution in [0.4, 0.5) is 5.82 Å². The van der Waals surface area contributed by atoms with Crippen LogP contribution in [0.25, 0.3) is 5.57 Å². The van der Waals surface area contributed by atoms with Crippen LogP contribution in [-0.2, 0) is 17.8 Å². The maximum absolute atomic E-state index is 13.0. The van der Waals surface area contributed by atoms with Crippen molar-refractivity contribution in [3.05, 3.63) is 77.0 Å². The van der Waals surface area contributed by atoms with Gasteiger partial charge in [-0.05, 0) is 62.9 Å². The van der Waals surface area contributed by atoms with E-state index in [1.165, 1.54) is 50.9 Å². The van der Waals surface area contributed by atoms with Crippen LogP contribution in [0, 0.1) is 11.3 Å². The molecule has 1 aromatic heterocycles. The Morgan fingerprint density at radius 3 is 2.67 bits per heavy atom. The first-order valence-electron chi connectivity index (χ1n) is 15.3. The summed E-state index contributed by atoms with van der Waals surface area (Å²) in [5.74, 6) is -0.211. The largest absolute Gasteiger partial charge is 0.383 e. The van der Waals surface area contributed by atoms with Gasteiger partial charge in [0.25, 0.3) is 5.91 Å². The first-order chi connectivity index (χ1) is 20.5. The molecule has 2 unspecified atom stereocenters. The van der Waals surface area contributed by atoms with Crippen molar-refractivity contribution in [2.45, 2.75) is 58.2 Å². The van der Waals surface area contributed by atoms with Crippen LogP contribution >= 0.6 is 0 Å². The van der Waals surface area contributed by atoms with Crippen molar-refractivity contribution in [1.29, 1.82) is 5.41 Å². The van der Waals surface area contributed by atoms with Gasteiger partial charge in [0.15, 0.2) is 0 Å². The molecule has 0 spiro atoms. The number of nitrogens with one attached hydrogen (secondary N) is 1. The molecule has 42 heavy (non-hydrogen) atoms. The van der Waals surface area contributed by atoms with Gasteiger partial charge in [-0.1, -0.05) is 55.8 Å². The summed E-state index contributed by atoms with van der Waals surface area (Å²) < 4.78 is 6.30. The van der Waals surface area contributed by atoms with Crippen molar-refractivity contribution in [2.75, 3.05) is 45.5 Å². The van der Waals surface area contributed by atoms with E-state index >= 15 is 0 Å². The SMILES string of the molecule is CC/C=C/C=C(\C=N)c1cnc(N)c(C(=O)N=CC2CCCC2OCc2ccc(CCCN3CCN(C)CC3)cc2)c1. The van der Waals surface area contributed by atoms with Crippen LogP contribution in [0.1, 0.15) is 66.1 Å². The second-order valence-electron chi connectivity index (χ2n) is 11.4. The van der Waals surface area contributed by atoms with Crippen LogP contribution in [0.15, 0.2) is 59.7 Å². The van der Waals surface area contributed by atoms with Gasteiger partial charge in [-0.25, -0.2) is 9.98 Å². The number of hydrogen-bond acceptors (Lipinski definition) is 7. The lowest BCUT2D eigenvalue weighted by molar-refractivity contribution is 0.0325. The molecule has 1 saturated heterocycles. The second kappa shape index (κ2) is 16.2. The van der Waals surface area contributed by atoms with Gasteiger partial charge in [0.2, 0.25) is 0 Å². The lowest BCUT2D eigenvalue weighted by Gasteiger charge is -2.32. The first-order valence-corrected chi connectivity index (χ1v) is 15.3. The summed E-state index contributed by atoms with van der Waals surface area (Å²) in [5, 5.41) is 7.74. The number of nitrogens with two attached hydrogens (primary N) is 1. The van der Waals surface area contributed by atoms with E-state index in [-0.39, 0.29) is 23.4 Å². The van der Waals surface area contributed by atoms with Gasteiger partial charge >= 0.3 is 0 Å². The number of allylic oxidation sites excluding steroid dienone is 4. The molecule has 0 bridgehead atoms. The number of aryl methyl sites for hydroxylation is 1. The third-order valence-corrected chi connectivity index (χ3v) is 8.19. The van der Waals surface area contributed by atoms with Crippen LogP contribution in [-0.4, -0.2) is 79.0 Å². The Morgan fingerprint density at radius 2 is 1.93 bits per heavy atom. The molecule has 8 heteroatoms. The van der Waals surface area contributed by atoms with E-state index in [0.717, 1.165) is 37.7 Å². The number of carbonyl (C=O) groups is 1. The van der Waals surface area contributed by atoms with Crippen LogP contribution in [0.2, 0.25) is 0 Å². The number of rotatable bonds is 13. The molecule has 1 amide bonds. The quantitative estimate of drug-likeness (QED) is 0.245. The number of piperazine rings is 1. The molecular weight excluding hydrogens is 524 g/mol. The number of hydrogen-bond donors (Lipinski definition) is 2. The fourth-order valence-corrected chi connectivity index (χ4v) is 5.49. The molecule has 0 radical (unpaired) electrons. The molecular formula is C34H46N6O2. The Kier molecular flexibility index (Phi) is 12.2. The smallest absolute Gasteiger partial charge is 0.280 e. The van der Waals surface area contributed by atoms with E-state index in [0.29, 0.717) is 17.7 Å². The Labute approximate surface area is 250 Å². The highest BCUT2D eigenvalue weighted by Crippen LogP contribution is 2.28. The predicted molar refractivity (Wildman–Crippen MR) is 172 cm³/mol. The number of nitrogens with zero attached hydrogens (tertiary/aromatic N) is 4. The van der Waals surface area contributed by atoms with E-state index in [4.69, 9.17) is 15.9 Å². The minimum Gasteiger partial charge on any atom is -0.383 e. The van der Waals surface area contributed by atoms with Crippen molar-refractivity contribution in [3.63, 3.8) is 0 Å². The molecule has 2 fully saturated rings.